The molecule has 0 spiro atoms. The van der Waals surface area contributed by atoms with E-state index in [9.17, 15) is 4.79 Å². The molecule has 1 heterocycles. The van der Waals surface area contributed by atoms with E-state index < -0.39 is 0 Å². The minimum Gasteiger partial charge on any atom is -0.490 e. The summed E-state index contributed by atoms with van der Waals surface area (Å²) < 4.78 is 5.39. The molecule has 0 N–H and O–H groups in total. The zero-order valence-electron chi connectivity index (χ0n) is 9.29. The van der Waals surface area contributed by atoms with Crippen molar-refractivity contribution < 1.29 is 9.53 Å². The molecule has 2 heteroatoms. The maximum absolute atomic E-state index is 12.0. The van der Waals surface area contributed by atoms with Gasteiger partial charge in [-0.15, -0.1) is 0 Å². The van der Waals surface area contributed by atoms with Crippen LogP contribution >= 0.6 is 0 Å². The molecule has 0 bridgehead atoms. The Morgan fingerprint density at radius 3 is 2.93 bits per heavy atom. The van der Waals surface area contributed by atoms with Crippen molar-refractivity contribution >= 4 is 5.78 Å². The summed E-state index contributed by atoms with van der Waals surface area (Å²) >= 11 is 0. The number of hydrogen-bond acceptors (Lipinski definition) is 2. The van der Waals surface area contributed by atoms with E-state index in [0.717, 1.165) is 43.6 Å². The van der Waals surface area contributed by atoms with Gasteiger partial charge in [-0.05, 0) is 49.7 Å². The van der Waals surface area contributed by atoms with Crippen LogP contribution in [0.3, 0.4) is 0 Å². The highest BCUT2D eigenvalue weighted by Gasteiger charge is 2.21. The van der Waals surface area contributed by atoms with Gasteiger partial charge < -0.3 is 4.74 Å². The first-order chi connectivity index (χ1) is 7.27. The van der Waals surface area contributed by atoms with Gasteiger partial charge in [0.15, 0.2) is 5.76 Å². The molecule has 0 aromatic carbocycles. The third-order valence-corrected chi connectivity index (χ3v) is 3.12. The highest BCUT2D eigenvalue weighted by molar-refractivity contribution is 6.06. The highest BCUT2D eigenvalue weighted by atomic mass is 16.5. The number of Topliss-reactive ketones (excluding diaryl/α,β-unsaturated/α-hetero) is 1. The molecule has 0 aromatic rings. The minimum atomic E-state index is 0.126. The first kappa shape index (κ1) is 10.5. The van der Waals surface area contributed by atoms with E-state index in [4.69, 9.17) is 4.74 Å². The summed E-state index contributed by atoms with van der Waals surface area (Å²) in [6, 6.07) is 0. The molecule has 2 aliphatic rings. The van der Waals surface area contributed by atoms with E-state index in [0.29, 0.717) is 12.4 Å². The van der Waals surface area contributed by atoms with Crippen LogP contribution in [0.25, 0.3) is 0 Å². The van der Waals surface area contributed by atoms with E-state index in [-0.39, 0.29) is 5.78 Å². The molecule has 1 unspecified atom stereocenters. The van der Waals surface area contributed by atoms with Gasteiger partial charge in [0, 0.05) is 0 Å². The zero-order valence-corrected chi connectivity index (χ0v) is 9.29. The number of hydrogen-bond donors (Lipinski definition) is 0. The third-order valence-electron chi connectivity index (χ3n) is 3.12. The Balaban J connectivity index is 2.04. The predicted octanol–water partition coefficient (Wildman–Crippen LogP) is 3.00. The average Bonchev–Trinajstić information content (AvgIpc) is 2.30. The summed E-state index contributed by atoms with van der Waals surface area (Å²) in [7, 11) is 0. The van der Waals surface area contributed by atoms with Crippen molar-refractivity contribution in [1.82, 2.24) is 0 Å². The van der Waals surface area contributed by atoms with Gasteiger partial charge in [-0.3, -0.25) is 4.79 Å². The molecule has 15 heavy (non-hydrogen) atoms. The molecular formula is C13H18O2. The molecule has 0 saturated carbocycles. The normalized spacial score (nSPS) is 26.3. The van der Waals surface area contributed by atoms with Crippen LogP contribution in [0.15, 0.2) is 23.5 Å². The molecule has 1 atom stereocenters. The maximum atomic E-state index is 12.0. The number of rotatable bonds is 2. The van der Waals surface area contributed by atoms with Crippen LogP contribution in [0.2, 0.25) is 0 Å². The molecular weight excluding hydrogens is 188 g/mol. The standard InChI is InChI=1S/C13H18O2/c1-10-5-7-11(8-6-10)13(14)12-4-2-3-9-15-12/h4,7,10H,2-3,5-6,8-9H2,1H3. The molecule has 0 radical (unpaired) electrons. The first-order valence-corrected chi connectivity index (χ1v) is 5.84. The number of ketones is 1. The van der Waals surface area contributed by atoms with Gasteiger partial charge in [0.2, 0.25) is 5.78 Å². The van der Waals surface area contributed by atoms with Crippen molar-refractivity contribution in [2.75, 3.05) is 6.61 Å². The summed E-state index contributed by atoms with van der Waals surface area (Å²) in [5.74, 6) is 1.44. The number of carbonyl (C=O) groups excluding carboxylic acids is 1. The van der Waals surface area contributed by atoms with Crippen LogP contribution in [0.4, 0.5) is 0 Å². The summed E-state index contributed by atoms with van der Waals surface area (Å²) in [4.78, 5) is 12.0. The summed E-state index contributed by atoms with van der Waals surface area (Å²) in [6.07, 6.45) is 9.12. The smallest absolute Gasteiger partial charge is 0.222 e. The van der Waals surface area contributed by atoms with E-state index in [1.54, 1.807) is 0 Å². The summed E-state index contributed by atoms with van der Waals surface area (Å²) in [5, 5.41) is 0. The zero-order chi connectivity index (χ0) is 10.7. The SMILES string of the molecule is CC1CC=C(C(=O)C2=CCCCO2)CC1. The largest absolute Gasteiger partial charge is 0.490 e. The fourth-order valence-corrected chi connectivity index (χ4v) is 2.05. The Morgan fingerprint density at radius 1 is 1.47 bits per heavy atom. The van der Waals surface area contributed by atoms with Crippen LogP contribution in [-0.4, -0.2) is 12.4 Å². The van der Waals surface area contributed by atoms with Crippen LogP contribution in [0.5, 0.6) is 0 Å². The molecule has 0 fully saturated rings. The molecule has 0 saturated heterocycles. The van der Waals surface area contributed by atoms with Crippen molar-refractivity contribution in [1.29, 1.82) is 0 Å². The Morgan fingerprint density at radius 2 is 2.33 bits per heavy atom. The molecule has 2 rings (SSSR count). The van der Waals surface area contributed by atoms with E-state index >= 15 is 0 Å². The van der Waals surface area contributed by atoms with Crippen LogP contribution in [0, 0.1) is 5.92 Å². The quantitative estimate of drug-likeness (QED) is 0.694. The topological polar surface area (TPSA) is 26.3 Å². The Bertz CT molecular complexity index is 312. The number of carbonyl (C=O) groups is 1. The van der Waals surface area contributed by atoms with Gasteiger partial charge in [-0.2, -0.15) is 0 Å². The Hall–Kier alpha value is -1.05. The summed E-state index contributed by atoms with van der Waals surface area (Å²) in [6.45, 7) is 2.93. The molecule has 82 valence electrons. The molecule has 0 aromatic heterocycles. The predicted molar refractivity (Wildman–Crippen MR) is 59.4 cm³/mol. The van der Waals surface area contributed by atoms with E-state index in [2.05, 4.69) is 13.0 Å². The van der Waals surface area contributed by atoms with Gasteiger partial charge in [0.1, 0.15) is 0 Å². The minimum absolute atomic E-state index is 0.126. The monoisotopic (exact) mass is 206 g/mol. The van der Waals surface area contributed by atoms with Crippen molar-refractivity contribution in [2.24, 2.45) is 5.92 Å². The van der Waals surface area contributed by atoms with Gasteiger partial charge in [0.25, 0.3) is 0 Å². The van der Waals surface area contributed by atoms with Crippen LogP contribution in [0.1, 0.15) is 39.0 Å². The second kappa shape index (κ2) is 4.65. The lowest BCUT2D eigenvalue weighted by molar-refractivity contribution is -0.116. The highest BCUT2D eigenvalue weighted by Crippen LogP contribution is 2.26. The molecule has 1 aliphatic carbocycles. The lowest BCUT2D eigenvalue weighted by Crippen LogP contribution is -2.16. The third kappa shape index (κ3) is 2.49. The summed E-state index contributed by atoms with van der Waals surface area (Å²) in [5.41, 5.74) is 0.959. The van der Waals surface area contributed by atoms with E-state index in [1.807, 2.05) is 6.08 Å². The van der Waals surface area contributed by atoms with Gasteiger partial charge in [-0.25, -0.2) is 0 Å². The van der Waals surface area contributed by atoms with Crippen molar-refractivity contribution in [2.45, 2.75) is 39.0 Å². The number of allylic oxidation sites excluding steroid dienone is 3. The molecule has 0 amide bonds. The second-order valence-corrected chi connectivity index (χ2v) is 4.50. The maximum Gasteiger partial charge on any atom is 0.222 e. The average molecular weight is 206 g/mol. The van der Waals surface area contributed by atoms with Crippen molar-refractivity contribution in [3.05, 3.63) is 23.5 Å². The van der Waals surface area contributed by atoms with Crippen molar-refractivity contribution in [3.8, 4) is 0 Å². The molecule has 2 nitrogen and oxygen atoms in total. The lowest BCUT2D eigenvalue weighted by atomic mass is 9.88. The van der Waals surface area contributed by atoms with Crippen molar-refractivity contribution in [3.63, 3.8) is 0 Å². The fourth-order valence-electron chi connectivity index (χ4n) is 2.05. The second-order valence-electron chi connectivity index (χ2n) is 4.50. The Labute approximate surface area is 91.0 Å². The molecule has 1 aliphatic heterocycles. The first-order valence-electron chi connectivity index (χ1n) is 5.84. The number of ether oxygens (including phenoxy) is 1. The van der Waals surface area contributed by atoms with Crippen LogP contribution < -0.4 is 0 Å². The fraction of sp³-hybridized carbons (Fsp3) is 0.615. The lowest BCUT2D eigenvalue weighted by Gasteiger charge is -2.20. The van der Waals surface area contributed by atoms with Gasteiger partial charge in [0.05, 0.1) is 6.61 Å². The van der Waals surface area contributed by atoms with Gasteiger partial charge in [-0.1, -0.05) is 13.0 Å². The van der Waals surface area contributed by atoms with E-state index in [1.165, 1.54) is 0 Å². The van der Waals surface area contributed by atoms with Gasteiger partial charge >= 0.3 is 0 Å². The van der Waals surface area contributed by atoms with Crippen LogP contribution in [-0.2, 0) is 9.53 Å². The Kier molecular flexibility index (Phi) is 3.24.